The Morgan fingerprint density at radius 2 is 1.71 bits per heavy atom. The van der Waals surface area contributed by atoms with Crippen LogP contribution in [0.25, 0.3) is 11.3 Å². The monoisotopic (exact) mass is 740 g/mol. The Balaban J connectivity index is 1.73. The molecule has 0 radical (unpaired) electrons. The number of amides is 1. The Bertz CT molecular complexity index is 1700. The summed E-state index contributed by atoms with van der Waals surface area (Å²) in [5, 5.41) is 21.8. The number of halogens is 1. The van der Waals surface area contributed by atoms with E-state index in [0.717, 1.165) is 42.7 Å². The van der Waals surface area contributed by atoms with Gasteiger partial charge in [-0.3, -0.25) is 14.6 Å². The average molecular weight is 741 g/mol. The number of hydrogen-bond donors (Lipinski definition) is 2. The lowest BCUT2D eigenvalue weighted by atomic mass is 10.0. The van der Waals surface area contributed by atoms with Gasteiger partial charge in [-0.05, 0) is 103 Å². The quantitative estimate of drug-likeness (QED) is 0.0583. The van der Waals surface area contributed by atoms with Gasteiger partial charge in [-0.25, -0.2) is 4.39 Å². The van der Waals surface area contributed by atoms with Gasteiger partial charge in [0, 0.05) is 32.2 Å². The van der Waals surface area contributed by atoms with Gasteiger partial charge in [0.25, 0.3) is 0 Å². The van der Waals surface area contributed by atoms with Crippen LogP contribution in [-0.4, -0.2) is 76.5 Å². The second-order valence-electron chi connectivity index (χ2n) is 13.7. The fourth-order valence-corrected chi connectivity index (χ4v) is 7.14. The topological polar surface area (TPSA) is 123 Å². The molecule has 3 aromatic rings. The van der Waals surface area contributed by atoms with Crippen LogP contribution < -0.4 is 4.74 Å². The number of carbonyl (C=O) groups is 2. The standard InChI is InChI=1S/C39H53FN3O6P2/c1-10-41-26(4)21-27-11-17-32(18-12-27)48-39(5,6)49-34(46)23-31(45)22-30(44)19-20-43-36(25(2)3)35(38(47)42-51(8)9)33(24-50-7)37(43)28-13-15-29(40)16-14-28/h10-18,25-26,30-31,44-45H,7,19-24H2,1-6,8-9H3/q+1. The normalized spacial score (nSPS) is 13.7. The maximum absolute atomic E-state index is 14.0. The minimum Gasteiger partial charge on any atom is -0.453 e. The predicted octanol–water partition coefficient (Wildman–Crippen LogP) is 8.63. The number of hydrogen-bond acceptors (Lipinski definition) is 7. The second kappa shape index (κ2) is 19.3. The number of aliphatic imine (C=N–C) groups is 1. The van der Waals surface area contributed by atoms with Crippen molar-refractivity contribution in [3.63, 3.8) is 0 Å². The van der Waals surface area contributed by atoms with Gasteiger partial charge in [-0.1, -0.05) is 32.3 Å². The zero-order valence-corrected chi connectivity index (χ0v) is 32.9. The van der Waals surface area contributed by atoms with E-state index in [-0.39, 0.29) is 42.9 Å². The molecular weight excluding hydrogens is 687 g/mol. The molecule has 0 saturated heterocycles. The molecule has 12 heteroatoms. The highest BCUT2D eigenvalue weighted by molar-refractivity contribution is 7.46. The first-order valence-corrected chi connectivity index (χ1v) is 20.7. The Kier molecular flexibility index (Phi) is 15.9. The summed E-state index contributed by atoms with van der Waals surface area (Å²) in [6.45, 7) is 15.3. The van der Waals surface area contributed by atoms with Crippen molar-refractivity contribution < 1.29 is 33.7 Å². The van der Waals surface area contributed by atoms with Crippen molar-refractivity contribution in [1.29, 1.82) is 0 Å². The highest BCUT2D eigenvalue weighted by atomic mass is 31.1. The molecule has 2 N–H and O–H groups in total. The van der Waals surface area contributed by atoms with E-state index >= 15 is 0 Å². The van der Waals surface area contributed by atoms with E-state index in [1.807, 2.05) is 69.9 Å². The van der Waals surface area contributed by atoms with Crippen LogP contribution in [0, 0.1) is 5.82 Å². The van der Waals surface area contributed by atoms with Gasteiger partial charge >= 0.3 is 11.9 Å². The highest BCUT2D eigenvalue weighted by Crippen LogP contribution is 2.39. The summed E-state index contributed by atoms with van der Waals surface area (Å²) in [7, 11) is -0.0548. The molecule has 2 aromatic carbocycles. The van der Waals surface area contributed by atoms with Gasteiger partial charge in [-0.15, -0.1) is 8.20 Å². The summed E-state index contributed by atoms with van der Waals surface area (Å²) in [6.07, 6.45) is 4.79. The summed E-state index contributed by atoms with van der Waals surface area (Å²) in [5.41, 5.74) is 4.72. The van der Waals surface area contributed by atoms with Crippen molar-refractivity contribution in [3.05, 3.63) is 76.7 Å². The van der Waals surface area contributed by atoms with Gasteiger partial charge in [0.05, 0.1) is 35.9 Å². The van der Waals surface area contributed by atoms with Crippen LogP contribution in [0.5, 0.6) is 5.75 Å². The first-order valence-electron chi connectivity index (χ1n) is 17.3. The molecule has 276 valence electrons. The molecule has 0 saturated carbocycles. The highest BCUT2D eigenvalue weighted by Gasteiger charge is 2.31. The SMILES string of the molecule is C=PCc1c(C(=O)N=[P+](C)C)c(C(C)C)n(CCC(O)CC(O)CC(=O)OC(C)(C)Oc2ccc(CC(C)N=CC)cc2)c1-c1ccc(F)cc1. The largest absolute Gasteiger partial charge is 0.453 e. The lowest BCUT2D eigenvalue weighted by Gasteiger charge is -2.27. The van der Waals surface area contributed by atoms with Crippen LogP contribution in [0.4, 0.5) is 4.39 Å². The molecule has 0 fully saturated rings. The van der Waals surface area contributed by atoms with Crippen LogP contribution in [0.1, 0.15) is 93.9 Å². The van der Waals surface area contributed by atoms with E-state index in [2.05, 4.69) is 16.0 Å². The van der Waals surface area contributed by atoms with E-state index in [1.54, 1.807) is 32.2 Å². The van der Waals surface area contributed by atoms with E-state index in [1.165, 1.54) is 12.1 Å². The Morgan fingerprint density at radius 3 is 2.27 bits per heavy atom. The first-order chi connectivity index (χ1) is 24.0. The predicted molar refractivity (Wildman–Crippen MR) is 208 cm³/mol. The van der Waals surface area contributed by atoms with Crippen molar-refractivity contribution in [1.82, 2.24) is 4.57 Å². The Labute approximate surface area is 304 Å². The maximum atomic E-state index is 14.0. The number of nitrogens with zero attached hydrogens (tertiary/aromatic N) is 3. The maximum Gasteiger partial charge on any atom is 0.319 e. The number of carbonyl (C=O) groups excluding carboxylic acids is 2. The molecule has 0 bridgehead atoms. The molecule has 1 amide bonds. The fraction of sp³-hybridized carbons (Fsp3) is 0.487. The lowest BCUT2D eigenvalue weighted by Crippen LogP contribution is -2.36. The third-order valence-corrected chi connectivity index (χ3v) is 9.18. The van der Waals surface area contributed by atoms with Crippen LogP contribution in [0.3, 0.4) is 0 Å². The number of aliphatic hydroxyl groups is 2. The summed E-state index contributed by atoms with van der Waals surface area (Å²) < 4.78 is 31.9. The molecule has 1 aromatic heterocycles. The number of esters is 1. The smallest absolute Gasteiger partial charge is 0.319 e. The molecule has 3 unspecified atom stereocenters. The van der Waals surface area contributed by atoms with E-state index < -0.39 is 31.7 Å². The summed E-state index contributed by atoms with van der Waals surface area (Å²) >= 11 is 0. The van der Waals surface area contributed by atoms with Gasteiger partial charge in [-0.2, -0.15) is 0 Å². The van der Waals surface area contributed by atoms with E-state index in [4.69, 9.17) is 9.47 Å². The van der Waals surface area contributed by atoms with E-state index in [0.29, 0.717) is 24.0 Å². The minimum absolute atomic E-state index is 0.0655. The zero-order chi connectivity index (χ0) is 37.9. The van der Waals surface area contributed by atoms with Gasteiger partial charge in [0.2, 0.25) is 13.5 Å². The molecule has 51 heavy (non-hydrogen) atoms. The van der Waals surface area contributed by atoms with Gasteiger partial charge in [0.15, 0.2) is 0 Å². The summed E-state index contributed by atoms with van der Waals surface area (Å²) in [6, 6.07) is 13.8. The van der Waals surface area contributed by atoms with Crippen molar-refractivity contribution in [2.24, 2.45) is 9.74 Å². The molecule has 0 aliphatic carbocycles. The number of aromatic nitrogens is 1. The third kappa shape index (κ3) is 12.6. The van der Waals surface area contributed by atoms with Crippen molar-refractivity contribution in [2.75, 3.05) is 13.3 Å². The van der Waals surface area contributed by atoms with Gasteiger partial charge in [0.1, 0.15) is 24.9 Å². The third-order valence-electron chi connectivity index (χ3n) is 8.06. The molecule has 3 atom stereocenters. The zero-order valence-electron chi connectivity index (χ0n) is 31.1. The Hall–Kier alpha value is -3.55. The summed E-state index contributed by atoms with van der Waals surface area (Å²) in [4.78, 5) is 30.8. The fourth-order valence-electron chi connectivity index (χ4n) is 6.15. The van der Waals surface area contributed by atoms with Crippen molar-refractivity contribution in [3.8, 4) is 17.0 Å². The molecule has 1 heterocycles. The molecule has 3 rings (SSSR count). The number of ether oxygens (including phenoxy) is 2. The van der Waals surface area contributed by atoms with Crippen molar-refractivity contribution in [2.45, 2.75) is 110 Å². The Morgan fingerprint density at radius 1 is 1.06 bits per heavy atom. The lowest BCUT2D eigenvalue weighted by molar-refractivity contribution is -0.188. The van der Waals surface area contributed by atoms with Crippen LogP contribution in [0.2, 0.25) is 0 Å². The molecule has 0 aliphatic heterocycles. The van der Waals surface area contributed by atoms with E-state index in [9.17, 15) is 24.2 Å². The molecule has 0 aliphatic rings. The van der Waals surface area contributed by atoms with Crippen LogP contribution >= 0.6 is 15.9 Å². The molecule has 0 spiro atoms. The average Bonchev–Trinajstić information content (AvgIpc) is 3.35. The van der Waals surface area contributed by atoms with Crippen LogP contribution in [0.15, 0.2) is 58.3 Å². The number of rotatable bonds is 18. The van der Waals surface area contributed by atoms with Crippen molar-refractivity contribution >= 4 is 40.3 Å². The van der Waals surface area contributed by atoms with Gasteiger partial charge < -0.3 is 24.3 Å². The summed E-state index contributed by atoms with van der Waals surface area (Å²) in [5.74, 6) is -2.16. The van der Waals surface area contributed by atoms with Crippen LogP contribution in [-0.2, 0) is 28.7 Å². The first kappa shape index (κ1) is 41.9. The number of aliphatic hydroxyl groups excluding tert-OH is 2. The molecular formula is C39H53FN3O6P2+. The molecule has 9 nitrogen and oxygen atoms in total. The minimum atomic E-state index is -1.29. The number of benzene rings is 2. The second-order valence-corrected chi connectivity index (χ2v) is 16.3.